The highest BCUT2D eigenvalue weighted by atomic mass is 16.2. The molecule has 1 aromatic carbocycles. The van der Waals surface area contributed by atoms with Gasteiger partial charge in [-0.15, -0.1) is 0 Å². The number of hydrogen-bond donors (Lipinski definition) is 1. The molecule has 1 heterocycles. The Kier molecular flexibility index (Phi) is 5.80. The first-order valence-corrected chi connectivity index (χ1v) is 8.13. The molecule has 3 heteroatoms. The SMILES string of the molecule is CC(C)CC(CN)CC(=O)N1CCC(c2ccccc2)C1. The molecular formula is C18H28N2O. The molecule has 1 aromatic rings. The molecule has 1 amide bonds. The highest BCUT2D eigenvalue weighted by Gasteiger charge is 2.28. The maximum Gasteiger partial charge on any atom is 0.222 e. The Morgan fingerprint density at radius 1 is 1.33 bits per heavy atom. The van der Waals surface area contributed by atoms with E-state index in [1.165, 1.54) is 5.56 Å². The van der Waals surface area contributed by atoms with Crippen LogP contribution in [0.3, 0.4) is 0 Å². The van der Waals surface area contributed by atoms with Gasteiger partial charge in [-0.25, -0.2) is 0 Å². The van der Waals surface area contributed by atoms with Crippen LogP contribution >= 0.6 is 0 Å². The maximum atomic E-state index is 12.4. The lowest BCUT2D eigenvalue weighted by Crippen LogP contribution is -2.32. The van der Waals surface area contributed by atoms with Crippen LogP contribution in [-0.2, 0) is 4.79 Å². The Bertz CT molecular complexity index is 444. The van der Waals surface area contributed by atoms with Gasteiger partial charge in [0.25, 0.3) is 0 Å². The van der Waals surface area contributed by atoms with Gasteiger partial charge in [-0.3, -0.25) is 4.79 Å². The van der Waals surface area contributed by atoms with E-state index < -0.39 is 0 Å². The van der Waals surface area contributed by atoms with E-state index in [0.717, 1.165) is 25.9 Å². The summed E-state index contributed by atoms with van der Waals surface area (Å²) in [6, 6.07) is 10.5. The van der Waals surface area contributed by atoms with E-state index in [9.17, 15) is 4.79 Å². The molecule has 1 aliphatic rings. The van der Waals surface area contributed by atoms with Crippen LogP contribution in [0.1, 0.15) is 44.6 Å². The number of benzene rings is 1. The second-order valence-corrected chi connectivity index (χ2v) is 6.67. The summed E-state index contributed by atoms with van der Waals surface area (Å²) in [5, 5.41) is 0. The van der Waals surface area contributed by atoms with E-state index in [0.29, 0.717) is 30.7 Å². The molecule has 0 spiro atoms. The molecule has 0 radical (unpaired) electrons. The molecule has 2 unspecified atom stereocenters. The lowest BCUT2D eigenvalue weighted by Gasteiger charge is -2.21. The van der Waals surface area contributed by atoms with Gasteiger partial charge in [0.1, 0.15) is 0 Å². The minimum Gasteiger partial charge on any atom is -0.342 e. The number of nitrogens with two attached hydrogens (primary N) is 1. The van der Waals surface area contributed by atoms with Crippen molar-refractivity contribution in [2.24, 2.45) is 17.6 Å². The van der Waals surface area contributed by atoms with Gasteiger partial charge in [0.15, 0.2) is 0 Å². The van der Waals surface area contributed by atoms with Gasteiger partial charge >= 0.3 is 0 Å². The average Bonchev–Trinajstić information content (AvgIpc) is 2.97. The van der Waals surface area contributed by atoms with Gasteiger partial charge in [0.05, 0.1) is 0 Å². The molecule has 116 valence electrons. The molecule has 21 heavy (non-hydrogen) atoms. The van der Waals surface area contributed by atoms with Crippen molar-refractivity contribution in [1.29, 1.82) is 0 Å². The van der Waals surface area contributed by atoms with Crippen molar-refractivity contribution in [3.63, 3.8) is 0 Å². The van der Waals surface area contributed by atoms with Gasteiger partial charge in [-0.05, 0) is 36.8 Å². The van der Waals surface area contributed by atoms with Crippen molar-refractivity contribution in [3.05, 3.63) is 35.9 Å². The smallest absolute Gasteiger partial charge is 0.222 e. The summed E-state index contributed by atoms with van der Waals surface area (Å²) in [5.74, 6) is 1.70. The van der Waals surface area contributed by atoms with Crippen LogP contribution < -0.4 is 5.73 Å². The Hall–Kier alpha value is -1.35. The molecule has 2 atom stereocenters. The fourth-order valence-corrected chi connectivity index (χ4v) is 3.29. The molecule has 3 nitrogen and oxygen atoms in total. The number of amides is 1. The molecule has 2 N–H and O–H groups in total. The molecule has 0 bridgehead atoms. The Balaban J connectivity index is 1.87. The summed E-state index contributed by atoms with van der Waals surface area (Å²) in [6.07, 6.45) is 2.72. The third-order valence-corrected chi connectivity index (χ3v) is 4.41. The maximum absolute atomic E-state index is 12.4. The molecule has 1 fully saturated rings. The largest absolute Gasteiger partial charge is 0.342 e. The molecule has 2 rings (SSSR count). The first kappa shape index (κ1) is 16.0. The van der Waals surface area contributed by atoms with Crippen molar-refractivity contribution in [1.82, 2.24) is 4.90 Å². The monoisotopic (exact) mass is 288 g/mol. The third-order valence-electron chi connectivity index (χ3n) is 4.41. The predicted octanol–water partition coefficient (Wildman–Crippen LogP) is 3.01. The molecule has 0 aromatic heterocycles. The van der Waals surface area contributed by atoms with Crippen LogP contribution in [0.2, 0.25) is 0 Å². The lowest BCUT2D eigenvalue weighted by atomic mass is 9.94. The second kappa shape index (κ2) is 7.60. The zero-order chi connectivity index (χ0) is 15.2. The number of hydrogen-bond acceptors (Lipinski definition) is 2. The summed E-state index contributed by atoms with van der Waals surface area (Å²) in [7, 11) is 0. The van der Waals surface area contributed by atoms with Crippen molar-refractivity contribution in [2.75, 3.05) is 19.6 Å². The van der Waals surface area contributed by atoms with Crippen molar-refractivity contribution in [3.8, 4) is 0 Å². The van der Waals surface area contributed by atoms with Crippen LogP contribution in [0.5, 0.6) is 0 Å². The molecular weight excluding hydrogens is 260 g/mol. The zero-order valence-corrected chi connectivity index (χ0v) is 13.3. The van der Waals surface area contributed by atoms with Crippen molar-refractivity contribution >= 4 is 5.91 Å². The van der Waals surface area contributed by atoms with Gasteiger partial charge in [0.2, 0.25) is 5.91 Å². The van der Waals surface area contributed by atoms with Crippen LogP contribution in [0, 0.1) is 11.8 Å². The Labute approximate surface area is 128 Å². The minimum atomic E-state index is 0.282. The standard InChI is InChI=1S/C18H28N2O/c1-14(2)10-15(12-19)11-18(21)20-9-8-17(13-20)16-6-4-3-5-7-16/h3-7,14-15,17H,8-13,19H2,1-2H3. The molecule has 1 saturated heterocycles. The zero-order valence-electron chi connectivity index (χ0n) is 13.3. The number of carbonyl (C=O) groups excluding carboxylic acids is 1. The van der Waals surface area contributed by atoms with E-state index in [1.807, 2.05) is 11.0 Å². The predicted molar refractivity (Wildman–Crippen MR) is 87.0 cm³/mol. The van der Waals surface area contributed by atoms with Crippen LogP contribution in [-0.4, -0.2) is 30.4 Å². The fourth-order valence-electron chi connectivity index (χ4n) is 3.29. The van der Waals surface area contributed by atoms with Gasteiger partial charge in [-0.1, -0.05) is 44.2 Å². The molecule has 0 saturated carbocycles. The summed E-state index contributed by atoms with van der Waals surface area (Å²) < 4.78 is 0. The topological polar surface area (TPSA) is 46.3 Å². The highest BCUT2D eigenvalue weighted by molar-refractivity contribution is 5.76. The molecule has 1 aliphatic heterocycles. The number of nitrogens with zero attached hydrogens (tertiary/aromatic N) is 1. The van der Waals surface area contributed by atoms with Gasteiger partial charge in [0, 0.05) is 25.4 Å². The summed E-state index contributed by atoms with van der Waals surface area (Å²) in [4.78, 5) is 14.5. The average molecular weight is 288 g/mol. The number of likely N-dealkylation sites (tertiary alicyclic amines) is 1. The summed E-state index contributed by atoms with van der Waals surface area (Å²) >= 11 is 0. The van der Waals surface area contributed by atoms with Gasteiger partial charge < -0.3 is 10.6 Å². The Morgan fingerprint density at radius 3 is 2.67 bits per heavy atom. The van der Waals surface area contributed by atoms with E-state index in [2.05, 4.69) is 38.1 Å². The third kappa shape index (κ3) is 4.57. The van der Waals surface area contributed by atoms with Crippen LogP contribution in [0.15, 0.2) is 30.3 Å². The molecule has 0 aliphatic carbocycles. The van der Waals surface area contributed by atoms with E-state index in [-0.39, 0.29) is 5.91 Å². The van der Waals surface area contributed by atoms with Crippen molar-refractivity contribution < 1.29 is 4.79 Å². The summed E-state index contributed by atoms with van der Waals surface area (Å²) in [6.45, 7) is 6.74. The van der Waals surface area contributed by atoms with Crippen LogP contribution in [0.4, 0.5) is 0 Å². The highest BCUT2D eigenvalue weighted by Crippen LogP contribution is 2.28. The fraction of sp³-hybridized carbons (Fsp3) is 0.611. The van der Waals surface area contributed by atoms with E-state index in [4.69, 9.17) is 5.73 Å². The van der Waals surface area contributed by atoms with Crippen molar-refractivity contribution in [2.45, 2.75) is 39.0 Å². The second-order valence-electron chi connectivity index (χ2n) is 6.67. The number of carbonyl (C=O) groups is 1. The first-order valence-electron chi connectivity index (χ1n) is 8.13. The first-order chi connectivity index (χ1) is 10.1. The van der Waals surface area contributed by atoms with Gasteiger partial charge in [-0.2, -0.15) is 0 Å². The van der Waals surface area contributed by atoms with E-state index >= 15 is 0 Å². The summed E-state index contributed by atoms with van der Waals surface area (Å²) in [5.41, 5.74) is 7.17. The quantitative estimate of drug-likeness (QED) is 0.874. The number of rotatable bonds is 6. The lowest BCUT2D eigenvalue weighted by molar-refractivity contribution is -0.131. The van der Waals surface area contributed by atoms with Crippen LogP contribution in [0.25, 0.3) is 0 Å². The Morgan fingerprint density at radius 2 is 2.05 bits per heavy atom. The van der Waals surface area contributed by atoms with E-state index in [1.54, 1.807) is 0 Å². The minimum absolute atomic E-state index is 0.282. The normalized spacial score (nSPS) is 20.0.